The van der Waals surface area contributed by atoms with E-state index in [1.807, 2.05) is 12.3 Å². The molecule has 0 aromatic carbocycles. The fourth-order valence-electron chi connectivity index (χ4n) is 3.47. The van der Waals surface area contributed by atoms with E-state index in [2.05, 4.69) is 41.7 Å². The number of hydrogen-bond acceptors (Lipinski definition) is 2. The van der Waals surface area contributed by atoms with Crippen LogP contribution in [-0.2, 0) is 11.2 Å². The van der Waals surface area contributed by atoms with Crippen LogP contribution in [0.4, 0.5) is 0 Å². The molecule has 3 atom stereocenters. The molecule has 116 valence electrons. The quantitative estimate of drug-likeness (QED) is 0.866. The second-order valence-electron chi connectivity index (χ2n) is 7.30. The van der Waals surface area contributed by atoms with Gasteiger partial charge >= 0.3 is 5.97 Å². The number of halogens is 1. The van der Waals surface area contributed by atoms with E-state index >= 15 is 0 Å². The van der Waals surface area contributed by atoms with Crippen LogP contribution >= 0.6 is 15.9 Å². The molecule has 0 spiro atoms. The lowest BCUT2D eigenvalue weighted by atomic mass is 9.64. The molecule has 1 aliphatic rings. The van der Waals surface area contributed by atoms with Gasteiger partial charge < -0.3 is 5.11 Å². The molecule has 0 radical (unpaired) electrons. The van der Waals surface area contributed by atoms with Crippen molar-refractivity contribution in [1.82, 2.24) is 4.98 Å². The average Bonchev–Trinajstić information content (AvgIpc) is 2.37. The lowest BCUT2D eigenvalue weighted by Crippen LogP contribution is -2.36. The third kappa shape index (κ3) is 4.29. The summed E-state index contributed by atoms with van der Waals surface area (Å²) < 4.78 is 0.954. The van der Waals surface area contributed by atoms with Gasteiger partial charge in [-0.2, -0.15) is 0 Å². The van der Waals surface area contributed by atoms with Crippen molar-refractivity contribution in [2.75, 3.05) is 0 Å². The molecule has 1 N–H and O–H groups in total. The normalized spacial score (nSPS) is 26.6. The maximum Gasteiger partial charge on any atom is 0.306 e. The first-order valence-electron chi connectivity index (χ1n) is 7.59. The van der Waals surface area contributed by atoms with E-state index in [1.165, 1.54) is 0 Å². The summed E-state index contributed by atoms with van der Waals surface area (Å²) in [7, 11) is 0. The summed E-state index contributed by atoms with van der Waals surface area (Å²) in [6.07, 6.45) is 7.22. The van der Waals surface area contributed by atoms with Crippen LogP contribution in [0.25, 0.3) is 0 Å². The van der Waals surface area contributed by atoms with Crippen LogP contribution in [0.1, 0.15) is 45.6 Å². The highest BCUT2D eigenvalue weighted by molar-refractivity contribution is 9.10. The molecule has 1 saturated carbocycles. The summed E-state index contributed by atoms with van der Waals surface area (Å²) in [5.74, 6) is -0.0623. The van der Waals surface area contributed by atoms with Crippen molar-refractivity contribution < 1.29 is 9.90 Å². The predicted octanol–water partition coefficient (Wildman–Crippen LogP) is 4.55. The fourth-order valence-corrected chi connectivity index (χ4v) is 3.88. The van der Waals surface area contributed by atoms with E-state index in [4.69, 9.17) is 0 Å². The van der Waals surface area contributed by atoms with Crippen LogP contribution in [0.3, 0.4) is 0 Å². The van der Waals surface area contributed by atoms with Crippen molar-refractivity contribution in [3.8, 4) is 0 Å². The molecule has 1 heterocycles. The van der Waals surface area contributed by atoms with Gasteiger partial charge in [-0.05, 0) is 70.5 Å². The number of carboxylic acid groups (broad SMARTS) is 1. The minimum atomic E-state index is -0.643. The van der Waals surface area contributed by atoms with Gasteiger partial charge in [-0.15, -0.1) is 0 Å². The van der Waals surface area contributed by atoms with E-state index in [9.17, 15) is 9.90 Å². The molecule has 21 heavy (non-hydrogen) atoms. The smallest absolute Gasteiger partial charge is 0.306 e. The van der Waals surface area contributed by atoms with Gasteiger partial charge in [0.05, 0.1) is 5.92 Å². The second-order valence-corrected chi connectivity index (χ2v) is 8.21. The Kier molecular flexibility index (Phi) is 5.07. The van der Waals surface area contributed by atoms with Crippen LogP contribution < -0.4 is 0 Å². The van der Waals surface area contributed by atoms with Crippen LogP contribution in [-0.4, -0.2) is 16.1 Å². The maximum absolute atomic E-state index is 11.6. The second kappa shape index (κ2) is 6.47. The third-order valence-corrected chi connectivity index (χ3v) is 5.22. The lowest BCUT2D eigenvalue weighted by Gasteiger charge is -2.40. The molecular weight excluding hydrogens is 330 g/mol. The van der Waals surface area contributed by atoms with Crippen LogP contribution in [0.15, 0.2) is 22.9 Å². The van der Waals surface area contributed by atoms with Gasteiger partial charge in [-0.3, -0.25) is 9.78 Å². The number of pyridine rings is 1. The van der Waals surface area contributed by atoms with Gasteiger partial charge in [-0.1, -0.05) is 20.8 Å². The maximum atomic E-state index is 11.6. The van der Waals surface area contributed by atoms with Gasteiger partial charge in [-0.25, -0.2) is 0 Å². The summed E-state index contributed by atoms with van der Waals surface area (Å²) in [5.41, 5.74) is 1.37. The van der Waals surface area contributed by atoms with Gasteiger partial charge in [0.15, 0.2) is 0 Å². The Labute approximate surface area is 135 Å². The van der Waals surface area contributed by atoms with E-state index in [-0.39, 0.29) is 17.3 Å². The summed E-state index contributed by atoms with van der Waals surface area (Å²) >= 11 is 3.44. The first kappa shape index (κ1) is 16.5. The van der Waals surface area contributed by atoms with Gasteiger partial charge in [0, 0.05) is 16.9 Å². The van der Waals surface area contributed by atoms with Crippen molar-refractivity contribution in [3.05, 3.63) is 28.5 Å². The molecule has 0 saturated heterocycles. The summed E-state index contributed by atoms with van der Waals surface area (Å²) in [5, 5.41) is 9.51. The van der Waals surface area contributed by atoms with Crippen molar-refractivity contribution in [2.45, 2.75) is 46.5 Å². The molecule has 0 bridgehead atoms. The van der Waals surface area contributed by atoms with E-state index in [0.717, 1.165) is 35.7 Å². The topological polar surface area (TPSA) is 50.2 Å². The number of carbonyl (C=O) groups is 1. The van der Waals surface area contributed by atoms with Crippen LogP contribution in [0.2, 0.25) is 0 Å². The predicted molar refractivity (Wildman–Crippen MR) is 87.1 cm³/mol. The Morgan fingerprint density at radius 3 is 2.67 bits per heavy atom. The van der Waals surface area contributed by atoms with Crippen molar-refractivity contribution in [3.63, 3.8) is 0 Å². The third-order valence-electron chi connectivity index (χ3n) is 4.78. The first-order valence-corrected chi connectivity index (χ1v) is 8.39. The highest BCUT2D eigenvalue weighted by Crippen LogP contribution is 2.44. The fraction of sp³-hybridized carbons (Fsp3) is 0.647. The zero-order valence-electron chi connectivity index (χ0n) is 13.0. The van der Waals surface area contributed by atoms with E-state index in [0.29, 0.717) is 5.92 Å². The molecule has 1 fully saturated rings. The summed E-state index contributed by atoms with van der Waals surface area (Å²) in [4.78, 5) is 15.7. The summed E-state index contributed by atoms with van der Waals surface area (Å²) in [6, 6.07) is 2.05. The minimum absolute atomic E-state index is 0.205. The monoisotopic (exact) mass is 353 g/mol. The highest BCUT2D eigenvalue weighted by atomic mass is 79.9. The van der Waals surface area contributed by atoms with Crippen molar-refractivity contribution >= 4 is 21.9 Å². The molecule has 1 aliphatic carbocycles. The molecule has 2 rings (SSSR count). The van der Waals surface area contributed by atoms with E-state index in [1.54, 1.807) is 6.20 Å². The number of aliphatic carboxylic acids is 1. The van der Waals surface area contributed by atoms with Crippen LogP contribution in [0.5, 0.6) is 0 Å². The zero-order valence-corrected chi connectivity index (χ0v) is 14.6. The van der Waals surface area contributed by atoms with Crippen LogP contribution in [0, 0.1) is 23.2 Å². The van der Waals surface area contributed by atoms with Gasteiger partial charge in [0.2, 0.25) is 0 Å². The Bertz CT molecular complexity index is 510. The van der Waals surface area contributed by atoms with Crippen molar-refractivity contribution in [1.29, 1.82) is 0 Å². The Hall–Kier alpha value is -0.900. The molecule has 3 unspecified atom stereocenters. The van der Waals surface area contributed by atoms with Gasteiger partial charge in [0.25, 0.3) is 0 Å². The number of carboxylic acids is 1. The van der Waals surface area contributed by atoms with Gasteiger partial charge in [0.1, 0.15) is 0 Å². The SMILES string of the molecule is CC(C)(C)C1CCC(C(=O)O)C(Cc2cncc(Br)c2)C1. The molecule has 1 aromatic heterocycles. The Morgan fingerprint density at radius 1 is 1.38 bits per heavy atom. The minimum Gasteiger partial charge on any atom is -0.481 e. The molecule has 0 aliphatic heterocycles. The van der Waals surface area contributed by atoms with E-state index < -0.39 is 5.97 Å². The zero-order chi connectivity index (χ0) is 15.6. The Balaban J connectivity index is 2.16. The number of rotatable bonds is 3. The molecule has 4 heteroatoms. The molecule has 0 amide bonds. The molecule has 1 aromatic rings. The molecule has 3 nitrogen and oxygen atoms in total. The number of nitrogens with zero attached hydrogens (tertiary/aromatic N) is 1. The summed E-state index contributed by atoms with van der Waals surface area (Å²) in [6.45, 7) is 6.78. The largest absolute Gasteiger partial charge is 0.481 e. The first-order chi connectivity index (χ1) is 9.77. The average molecular weight is 354 g/mol. The van der Waals surface area contributed by atoms with Crippen molar-refractivity contribution in [2.24, 2.45) is 23.2 Å². The lowest BCUT2D eigenvalue weighted by molar-refractivity contribution is -0.146. The standard InChI is InChI=1S/C17H24BrNO2/c1-17(2,3)13-4-5-15(16(20)21)12(8-13)6-11-7-14(18)10-19-9-11/h7,9-10,12-13,15H,4-6,8H2,1-3H3,(H,20,21). The number of hydrogen-bond donors (Lipinski definition) is 1. The Morgan fingerprint density at radius 2 is 2.10 bits per heavy atom. The highest BCUT2D eigenvalue weighted by Gasteiger charge is 2.38. The number of aromatic nitrogens is 1. The molecular formula is C17H24BrNO2.